The van der Waals surface area contributed by atoms with Gasteiger partial charge in [0, 0.05) is 11.1 Å². The Morgan fingerprint density at radius 1 is 1.22 bits per heavy atom. The molecule has 0 bridgehead atoms. The van der Waals surface area contributed by atoms with E-state index in [4.69, 9.17) is 0 Å². The molecule has 4 nitrogen and oxygen atoms in total. The van der Waals surface area contributed by atoms with Crippen molar-refractivity contribution in [3.8, 4) is 0 Å². The molecule has 0 saturated heterocycles. The molecule has 5 heteroatoms. The van der Waals surface area contributed by atoms with Gasteiger partial charge >= 0.3 is 0 Å². The van der Waals surface area contributed by atoms with Crippen LogP contribution in [0.5, 0.6) is 0 Å². The summed E-state index contributed by atoms with van der Waals surface area (Å²) >= 11 is 4.20. The Labute approximate surface area is 111 Å². The number of hydrogen-bond acceptors (Lipinski definition) is 4. The summed E-state index contributed by atoms with van der Waals surface area (Å²) in [5, 5.41) is 2.81. The van der Waals surface area contributed by atoms with Gasteiger partial charge in [-0.05, 0) is 23.8 Å². The Balaban J connectivity index is 1.84. The Kier molecular flexibility index (Phi) is 4.30. The SMILES string of the molecule is O=C(Cc1ccc(S)cc1)NCc1ccncn1. The molecule has 92 valence electrons. The van der Waals surface area contributed by atoms with Crippen molar-refractivity contribution in [2.75, 3.05) is 0 Å². The fourth-order valence-electron chi connectivity index (χ4n) is 1.47. The minimum absolute atomic E-state index is 0.0273. The van der Waals surface area contributed by atoms with E-state index in [9.17, 15) is 4.79 Å². The van der Waals surface area contributed by atoms with Gasteiger partial charge in [0.2, 0.25) is 5.91 Å². The van der Waals surface area contributed by atoms with E-state index >= 15 is 0 Å². The third-order valence-corrected chi connectivity index (χ3v) is 2.71. The van der Waals surface area contributed by atoms with E-state index in [1.807, 2.05) is 24.3 Å². The van der Waals surface area contributed by atoms with Crippen molar-refractivity contribution >= 4 is 18.5 Å². The van der Waals surface area contributed by atoms with E-state index in [0.29, 0.717) is 13.0 Å². The zero-order chi connectivity index (χ0) is 12.8. The molecular formula is C13H13N3OS. The van der Waals surface area contributed by atoms with Gasteiger partial charge in [-0.2, -0.15) is 0 Å². The quantitative estimate of drug-likeness (QED) is 0.820. The van der Waals surface area contributed by atoms with Gasteiger partial charge in [-0.3, -0.25) is 4.79 Å². The molecule has 0 atom stereocenters. The molecule has 0 aliphatic heterocycles. The molecule has 0 aliphatic carbocycles. The van der Waals surface area contributed by atoms with Crippen LogP contribution in [0.25, 0.3) is 0 Å². The molecule has 1 N–H and O–H groups in total. The fourth-order valence-corrected chi connectivity index (χ4v) is 1.62. The Morgan fingerprint density at radius 3 is 2.67 bits per heavy atom. The molecule has 0 radical (unpaired) electrons. The maximum atomic E-state index is 11.7. The zero-order valence-corrected chi connectivity index (χ0v) is 10.6. The van der Waals surface area contributed by atoms with E-state index in [-0.39, 0.29) is 5.91 Å². The number of carbonyl (C=O) groups excluding carboxylic acids is 1. The second-order valence-electron chi connectivity index (χ2n) is 3.82. The lowest BCUT2D eigenvalue weighted by Gasteiger charge is -2.04. The lowest BCUT2D eigenvalue weighted by atomic mass is 10.1. The summed E-state index contributed by atoms with van der Waals surface area (Å²) in [5.41, 5.74) is 1.76. The third-order valence-electron chi connectivity index (χ3n) is 2.41. The Hall–Kier alpha value is -1.88. The maximum absolute atomic E-state index is 11.7. The van der Waals surface area contributed by atoms with Crippen molar-refractivity contribution < 1.29 is 4.79 Å². The molecule has 0 fully saturated rings. The van der Waals surface area contributed by atoms with E-state index in [1.165, 1.54) is 6.33 Å². The van der Waals surface area contributed by atoms with Crippen LogP contribution in [0.2, 0.25) is 0 Å². The molecular weight excluding hydrogens is 246 g/mol. The van der Waals surface area contributed by atoms with Crippen molar-refractivity contribution in [2.45, 2.75) is 17.9 Å². The van der Waals surface area contributed by atoms with Gasteiger partial charge in [0.15, 0.2) is 0 Å². The second kappa shape index (κ2) is 6.16. The van der Waals surface area contributed by atoms with Crippen LogP contribution in [-0.2, 0) is 17.8 Å². The topological polar surface area (TPSA) is 54.9 Å². The van der Waals surface area contributed by atoms with Gasteiger partial charge in [-0.1, -0.05) is 12.1 Å². The van der Waals surface area contributed by atoms with Crippen LogP contribution >= 0.6 is 12.6 Å². The van der Waals surface area contributed by atoms with Crippen molar-refractivity contribution in [1.82, 2.24) is 15.3 Å². The number of carbonyl (C=O) groups is 1. The number of aromatic nitrogens is 2. The van der Waals surface area contributed by atoms with Crippen molar-refractivity contribution in [3.05, 3.63) is 54.1 Å². The second-order valence-corrected chi connectivity index (χ2v) is 4.34. The number of hydrogen-bond donors (Lipinski definition) is 2. The van der Waals surface area contributed by atoms with Gasteiger partial charge < -0.3 is 5.32 Å². The average molecular weight is 259 g/mol. The predicted octanol–water partition coefficient (Wildman–Crippen LogP) is 1.62. The average Bonchev–Trinajstić information content (AvgIpc) is 2.40. The van der Waals surface area contributed by atoms with Crippen LogP contribution in [0.1, 0.15) is 11.3 Å². The molecule has 0 spiro atoms. The van der Waals surface area contributed by atoms with Gasteiger partial charge in [0.25, 0.3) is 0 Å². The lowest BCUT2D eigenvalue weighted by molar-refractivity contribution is -0.120. The molecule has 1 amide bonds. The molecule has 0 unspecified atom stereocenters. The first-order chi connectivity index (χ1) is 8.74. The van der Waals surface area contributed by atoms with Gasteiger partial charge in [-0.25, -0.2) is 9.97 Å². The van der Waals surface area contributed by atoms with Crippen LogP contribution in [0.4, 0.5) is 0 Å². The predicted molar refractivity (Wildman–Crippen MR) is 71.3 cm³/mol. The molecule has 0 saturated carbocycles. The third kappa shape index (κ3) is 3.85. The molecule has 2 aromatic rings. The standard InChI is InChI=1S/C13H13N3OS/c17-13(7-10-1-3-12(18)4-2-10)15-8-11-5-6-14-9-16-11/h1-6,9,18H,7-8H2,(H,15,17). The van der Waals surface area contributed by atoms with E-state index in [0.717, 1.165) is 16.2 Å². The highest BCUT2D eigenvalue weighted by Crippen LogP contribution is 2.08. The summed E-state index contributed by atoms with van der Waals surface area (Å²) in [6.07, 6.45) is 3.48. The highest BCUT2D eigenvalue weighted by molar-refractivity contribution is 7.80. The molecule has 2 rings (SSSR count). The fraction of sp³-hybridized carbons (Fsp3) is 0.154. The number of amides is 1. The van der Waals surface area contributed by atoms with Crippen molar-refractivity contribution in [2.24, 2.45) is 0 Å². The monoisotopic (exact) mass is 259 g/mol. The van der Waals surface area contributed by atoms with E-state index in [2.05, 4.69) is 27.9 Å². The summed E-state index contributed by atoms with van der Waals surface area (Å²) < 4.78 is 0. The molecule has 1 aromatic heterocycles. The smallest absolute Gasteiger partial charge is 0.224 e. The number of nitrogens with zero attached hydrogens (tertiary/aromatic N) is 2. The van der Waals surface area contributed by atoms with E-state index < -0.39 is 0 Å². The van der Waals surface area contributed by atoms with E-state index in [1.54, 1.807) is 12.3 Å². The number of nitrogens with one attached hydrogen (secondary N) is 1. The minimum Gasteiger partial charge on any atom is -0.350 e. The number of benzene rings is 1. The van der Waals surface area contributed by atoms with Crippen LogP contribution < -0.4 is 5.32 Å². The summed E-state index contributed by atoms with van der Waals surface area (Å²) in [4.78, 5) is 20.4. The minimum atomic E-state index is -0.0273. The molecule has 1 heterocycles. The highest BCUT2D eigenvalue weighted by atomic mass is 32.1. The van der Waals surface area contributed by atoms with Crippen LogP contribution in [0.15, 0.2) is 47.8 Å². The Morgan fingerprint density at radius 2 is 2.00 bits per heavy atom. The maximum Gasteiger partial charge on any atom is 0.224 e. The Bertz CT molecular complexity index is 514. The molecule has 0 aliphatic rings. The summed E-state index contributed by atoms with van der Waals surface area (Å²) in [6.45, 7) is 0.423. The van der Waals surface area contributed by atoms with Crippen molar-refractivity contribution in [1.29, 1.82) is 0 Å². The first-order valence-electron chi connectivity index (χ1n) is 5.53. The largest absolute Gasteiger partial charge is 0.350 e. The number of thiol groups is 1. The van der Waals surface area contributed by atoms with Crippen LogP contribution in [0, 0.1) is 0 Å². The van der Waals surface area contributed by atoms with Gasteiger partial charge in [0.05, 0.1) is 18.7 Å². The van der Waals surface area contributed by atoms with Gasteiger partial charge in [-0.15, -0.1) is 12.6 Å². The molecule has 18 heavy (non-hydrogen) atoms. The highest BCUT2D eigenvalue weighted by Gasteiger charge is 2.03. The van der Waals surface area contributed by atoms with Crippen molar-refractivity contribution in [3.63, 3.8) is 0 Å². The normalized spacial score (nSPS) is 10.1. The van der Waals surface area contributed by atoms with Crippen LogP contribution in [0.3, 0.4) is 0 Å². The molecule has 1 aromatic carbocycles. The zero-order valence-electron chi connectivity index (χ0n) is 9.71. The summed E-state index contributed by atoms with van der Waals surface area (Å²) in [5.74, 6) is -0.0273. The first kappa shape index (κ1) is 12.6. The summed E-state index contributed by atoms with van der Waals surface area (Å²) in [7, 11) is 0. The van der Waals surface area contributed by atoms with Gasteiger partial charge in [0.1, 0.15) is 6.33 Å². The lowest BCUT2D eigenvalue weighted by Crippen LogP contribution is -2.24. The number of rotatable bonds is 4. The van der Waals surface area contributed by atoms with Crippen LogP contribution in [-0.4, -0.2) is 15.9 Å². The summed E-state index contributed by atoms with van der Waals surface area (Å²) in [6, 6.07) is 9.31. The first-order valence-corrected chi connectivity index (χ1v) is 5.98.